The highest BCUT2D eigenvalue weighted by atomic mass is 19.4. The molecule has 4 rings (SSSR count). The van der Waals surface area contributed by atoms with Crippen LogP contribution in [0.5, 0.6) is 0 Å². The summed E-state index contributed by atoms with van der Waals surface area (Å²) in [7, 11) is 0. The first-order valence-electron chi connectivity index (χ1n) is 11.1. The molecule has 2 aromatic carbocycles. The number of carbonyl (C=O) groups is 3. The molecular weight excluding hydrogens is 467 g/mol. The van der Waals surface area contributed by atoms with Gasteiger partial charge >= 0.3 is 18.2 Å². The Morgan fingerprint density at radius 1 is 0.971 bits per heavy atom. The molecule has 1 unspecified atom stereocenters. The number of carboxylic acid groups (broad SMARTS) is 1. The second kappa shape index (κ2) is 9.95. The number of nitrogens with zero attached hydrogens (tertiary/aromatic N) is 2. The first kappa shape index (κ1) is 24.5. The summed E-state index contributed by atoms with van der Waals surface area (Å²) >= 11 is 0. The minimum atomic E-state index is -5.03. The van der Waals surface area contributed by atoms with Crippen LogP contribution >= 0.6 is 0 Å². The summed E-state index contributed by atoms with van der Waals surface area (Å²) in [5.41, 5.74) is 3.76. The van der Waals surface area contributed by atoms with E-state index in [0.717, 1.165) is 27.2 Å². The molecule has 1 aliphatic carbocycles. The van der Waals surface area contributed by atoms with Crippen molar-refractivity contribution in [3.8, 4) is 11.1 Å². The van der Waals surface area contributed by atoms with E-state index in [1.54, 1.807) is 5.32 Å². The van der Waals surface area contributed by atoms with Gasteiger partial charge in [-0.3, -0.25) is 14.5 Å². The Hall–Kier alpha value is -3.60. The van der Waals surface area contributed by atoms with Crippen molar-refractivity contribution in [1.29, 1.82) is 0 Å². The summed E-state index contributed by atoms with van der Waals surface area (Å²) in [6.07, 6.45) is -6.37. The van der Waals surface area contributed by atoms with E-state index in [9.17, 15) is 27.6 Å². The largest absolute Gasteiger partial charge is 0.480 e. The Morgan fingerprint density at radius 3 is 2.03 bits per heavy atom. The smallest absolute Gasteiger partial charge is 0.417 e. The number of benzene rings is 2. The van der Waals surface area contributed by atoms with E-state index in [-0.39, 0.29) is 45.2 Å². The van der Waals surface area contributed by atoms with Gasteiger partial charge in [-0.2, -0.15) is 13.2 Å². The number of halogens is 3. The normalized spacial score (nSPS) is 16.8. The van der Waals surface area contributed by atoms with Crippen molar-refractivity contribution in [2.75, 3.05) is 39.3 Å². The lowest BCUT2D eigenvalue weighted by molar-refractivity contribution is -0.175. The number of fused-ring (bicyclic) bond motifs is 3. The number of alkyl carbamates (subject to hydrolysis) is 1. The molecule has 8 nitrogen and oxygen atoms in total. The van der Waals surface area contributed by atoms with Crippen LogP contribution in [0.2, 0.25) is 0 Å². The molecular formula is C24H24F3N3O5. The second-order valence-electron chi connectivity index (χ2n) is 8.44. The molecule has 2 aliphatic rings. The number of alkyl halides is 3. The summed E-state index contributed by atoms with van der Waals surface area (Å²) in [6, 6.07) is 12.3. The maximum Gasteiger partial charge on any atom is 0.417 e. The minimum absolute atomic E-state index is 0.0783. The van der Waals surface area contributed by atoms with Crippen LogP contribution in [0.1, 0.15) is 17.0 Å². The van der Waals surface area contributed by atoms with Crippen LogP contribution in [0, 0.1) is 0 Å². The zero-order valence-corrected chi connectivity index (χ0v) is 18.6. The number of ether oxygens (including phenoxy) is 1. The van der Waals surface area contributed by atoms with E-state index in [0.29, 0.717) is 0 Å². The Morgan fingerprint density at radius 2 is 1.51 bits per heavy atom. The number of rotatable bonds is 6. The van der Waals surface area contributed by atoms with Crippen molar-refractivity contribution >= 4 is 18.0 Å². The van der Waals surface area contributed by atoms with E-state index >= 15 is 0 Å². The summed E-state index contributed by atoms with van der Waals surface area (Å²) in [6.45, 7) is -0.369. The Kier molecular flexibility index (Phi) is 6.97. The lowest BCUT2D eigenvalue weighted by Gasteiger charge is -2.36. The Bertz CT molecular complexity index is 1070. The SMILES string of the molecule is O=C(O)CN1CCN(C(=O)C(NC(=O)OCC2c3ccccc3-c3ccccc32)C(F)(F)F)CC1. The van der Waals surface area contributed by atoms with Crippen LogP contribution < -0.4 is 5.32 Å². The summed E-state index contributed by atoms with van der Waals surface area (Å²) in [5.74, 6) is -2.70. The average molecular weight is 491 g/mol. The van der Waals surface area contributed by atoms with Crippen molar-refractivity contribution in [3.63, 3.8) is 0 Å². The van der Waals surface area contributed by atoms with Crippen LogP contribution in [0.3, 0.4) is 0 Å². The summed E-state index contributed by atoms with van der Waals surface area (Å²) < 4.78 is 46.2. The molecule has 1 atom stereocenters. The van der Waals surface area contributed by atoms with Crippen molar-refractivity contribution in [1.82, 2.24) is 15.1 Å². The van der Waals surface area contributed by atoms with Crippen molar-refractivity contribution in [3.05, 3.63) is 59.7 Å². The number of hydrogen-bond donors (Lipinski definition) is 2. The van der Waals surface area contributed by atoms with Gasteiger partial charge in [-0.15, -0.1) is 0 Å². The van der Waals surface area contributed by atoms with Gasteiger partial charge in [0.15, 0.2) is 0 Å². The third-order valence-corrected chi connectivity index (χ3v) is 6.22. The van der Waals surface area contributed by atoms with E-state index in [4.69, 9.17) is 9.84 Å². The van der Waals surface area contributed by atoms with Crippen LogP contribution in [0.15, 0.2) is 48.5 Å². The highest BCUT2D eigenvalue weighted by Gasteiger charge is 2.48. The molecule has 1 saturated heterocycles. The van der Waals surface area contributed by atoms with Crippen molar-refractivity contribution in [2.45, 2.75) is 18.1 Å². The number of carbonyl (C=O) groups excluding carboxylic acids is 2. The van der Waals surface area contributed by atoms with Gasteiger partial charge in [0.05, 0.1) is 6.54 Å². The molecule has 0 radical (unpaired) electrons. The molecule has 1 fully saturated rings. The van der Waals surface area contributed by atoms with Crippen LogP contribution in [-0.4, -0.2) is 84.4 Å². The molecule has 0 spiro atoms. The van der Waals surface area contributed by atoms with Crippen molar-refractivity contribution in [2.24, 2.45) is 0 Å². The third-order valence-electron chi connectivity index (χ3n) is 6.22. The molecule has 1 heterocycles. The quantitative estimate of drug-likeness (QED) is 0.645. The lowest BCUT2D eigenvalue weighted by Crippen LogP contribution is -2.59. The van der Waals surface area contributed by atoms with E-state index in [1.807, 2.05) is 48.5 Å². The molecule has 2 N–H and O–H groups in total. The van der Waals surface area contributed by atoms with E-state index in [2.05, 4.69) is 0 Å². The van der Waals surface area contributed by atoms with Gasteiger partial charge in [0, 0.05) is 32.1 Å². The molecule has 2 aromatic rings. The average Bonchev–Trinajstić information content (AvgIpc) is 3.14. The monoisotopic (exact) mass is 491 g/mol. The fourth-order valence-electron chi connectivity index (χ4n) is 4.54. The van der Waals surface area contributed by atoms with Crippen LogP contribution in [0.4, 0.5) is 18.0 Å². The van der Waals surface area contributed by atoms with Gasteiger partial charge in [-0.1, -0.05) is 48.5 Å². The highest BCUT2D eigenvalue weighted by molar-refractivity contribution is 5.87. The minimum Gasteiger partial charge on any atom is -0.480 e. The zero-order valence-electron chi connectivity index (χ0n) is 18.6. The number of piperazine rings is 1. The highest BCUT2D eigenvalue weighted by Crippen LogP contribution is 2.44. The van der Waals surface area contributed by atoms with Gasteiger partial charge in [-0.05, 0) is 22.3 Å². The van der Waals surface area contributed by atoms with Crippen LogP contribution in [-0.2, 0) is 14.3 Å². The molecule has 2 amide bonds. The summed E-state index contributed by atoms with van der Waals surface area (Å²) in [5, 5.41) is 10.5. The molecule has 11 heteroatoms. The Balaban J connectivity index is 1.39. The molecule has 0 aromatic heterocycles. The lowest BCUT2D eigenvalue weighted by atomic mass is 9.98. The van der Waals surface area contributed by atoms with Crippen LogP contribution in [0.25, 0.3) is 11.1 Å². The Labute approximate surface area is 199 Å². The topological polar surface area (TPSA) is 99.2 Å². The second-order valence-corrected chi connectivity index (χ2v) is 8.44. The van der Waals surface area contributed by atoms with Gasteiger partial charge in [0.25, 0.3) is 5.91 Å². The molecule has 1 aliphatic heterocycles. The van der Waals surface area contributed by atoms with Gasteiger partial charge in [-0.25, -0.2) is 4.79 Å². The van der Waals surface area contributed by atoms with Gasteiger partial charge in [0.2, 0.25) is 6.04 Å². The van der Waals surface area contributed by atoms with Crippen molar-refractivity contribution < 1.29 is 37.4 Å². The van der Waals surface area contributed by atoms with Gasteiger partial charge < -0.3 is 20.1 Å². The third kappa shape index (κ3) is 5.40. The maximum atomic E-state index is 13.7. The predicted molar refractivity (Wildman–Crippen MR) is 119 cm³/mol. The molecule has 0 bridgehead atoms. The number of amides is 2. The first-order valence-corrected chi connectivity index (χ1v) is 11.1. The number of aliphatic carboxylic acids is 1. The molecule has 0 saturated carbocycles. The van der Waals surface area contributed by atoms with E-state index in [1.165, 1.54) is 4.90 Å². The fourth-order valence-corrected chi connectivity index (χ4v) is 4.54. The number of carboxylic acids is 1. The molecule has 186 valence electrons. The first-order chi connectivity index (χ1) is 16.6. The fraction of sp³-hybridized carbons (Fsp3) is 0.375. The van der Waals surface area contributed by atoms with E-state index < -0.39 is 30.2 Å². The number of nitrogens with one attached hydrogen (secondary N) is 1. The standard InChI is InChI=1S/C24H24F3N3O5/c25-24(26,27)21(22(33)30-11-9-29(10-12-30)13-20(31)32)28-23(34)35-14-19-17-7-3-1-5-15(17)16-6-2-4-8-18(16)19/h1-8,19,21H,9-14H2,(H,28,34)(H,31,32). The predicted octanol–water partition coefficient (Wildman–Crippen LogP) is 2.68. The number of hydrogen-bond acceptors (Lipinski definition) is 5. The van der Waals surface area contributed by atoms with Gasteiger partial charge in [0.1, 0.15) is 6.61 Å². The maximum absolute atomic E-state index is 13.7. The zero-order chi connectivity index (χ0) is 25.2. The summed E-state index contributed by atoms with van der Waals surface area (Å²) in [4.78, 5) is 38.3. The molecule has 35 heavy (non-hydrogen) atoms.